The Balaban J connectivity index is 1.91. The topological polar surface area (TPSA) is 32.3 Å². The highest BCUT2D eigenvalue weighted by Gasteiger charge is 2.30. The third-order valence-corrected chi connectivity index (χ3v) is 4.25. The third kappa shape index (κ3) is 3.44. The maximum absolute atomic E-state index is 12.5. The molecule has 2 unspecified atom stereocenters. The SMILES string of the molecule is CC1NCCCC1C(=O)N1CCCCCCC1. The number of carbonyl (C=O) groups is 1. The Hall–Kier alpha value is -0.570. The molecular weight excluding hydrogens is 212 g/mol. The molecule has 98 valence electrons. The number of hydrogen-bond acceptors (Lipinski definition) is 2. The lowest BCUT2D eigenvalue weighted by Gasteiger charge is -2.34. The first kappa shape index (κ1) is 12.9. The number of likely N-dealkylation sites (tertiary alicyclic amines) is 1. The van der Waals surface area contributed by atoms with Gasteiger partial charge in [0.1, 0.15) is 0 Å². The van der Waals surface area contributed by atoms with Crippen LogP contribution < -0.4 is 5.32 Å². The molecule has 0 spiro atoms. The Bertz CT molecular complexity index is 247. The molecule has 2 aliphatic rings. The van der Waals surface area contributed by atoms with Gasteiger partial charge in [-0.2, -0.15) is 0 Å². The van der Waals surface area contributed by atoms with Crippen LogP contribution in [0.25, 0.3) is 0 Å². The predicted octanol–water partition coefficient (Wildman–Crippen LogP) is 2.17. The van der Waals surface area contributed by atoms with E-state index in [-0.39, 0.29) is 5.92 Å². The van der Waals surface area contributed by atoms with Crippen molar-refractivity contribution in [3.05, 3.63) is 0 Å². The number of amides is 1. The fourth-order valence-electron chi connectivity index (χ4n) is 3.08. The van der Waals surface area contributed by atoms with Gasteiger partial charge in [-0.3, -0.25) is 4.79 Å². The number of rotatable bonds is 1. The van der Waals surface area contributed by atoms with Gasteiger partial charge >= 0.3 is 0 Å². The molecule has 2 heterocycles. The molecule has 2 fully saturated rings. The standard InChI is InChI=1S/C14H26N2O/c1-12-13(8-7-9-15-12)14(17)16-10-5-3-2-4-6-11-16/h12-13,15H,2-11H2,1H3. The average molecular weight is 238 g/mol. The summed E-state index contributed by atoms with van der Waals surface area (Å²) in [6.07, 6.45) is 8.55. The lowest BCUT2D eigenvalue weighted by atomic mass is 9.90. The first-order chi connectivity index (χ1) is 8.29. The number of hydrogen-bond donors (Lipinski definition) is 1. The van der Waals surface area contributed by atoms with E-state index in [0.29, 0.717) is 11.9 Å². The maximum atomic E-state index is 12.5. The van der Waals surface area contributed by atoms with Crippen molar-refractivity contribution in [2.45, 2.75) is 57.9 Å². The molecule has 2 aliphatic heterocycles. The summed E-state index contributed by atoms with van der Waals surface area (Å²) in [5.74, 6) is 0.634. The second-order valence-corrected chi connectivity index (χ2v) is 5.58. The van der Waals surface area contributed by atoms with E-state index >= 15 is 0 Å². The van der Waals surface area contributed by atoms with Gasteiger partial charge < -0.3 is 10.2 Å². The summed E-state index contributed by atoms with van der Waals surface area (Å²) in [4.78, 5) is 14.6. The molecule has 0 aliphatic carbocycles. The first-order valence-corrected chi connectivity index (χ1v) is 7.31. The molecule has 17 heavy (non-hydrogen) atoms. The fraction of sp³-hybridized carbons (Fsp3) is 0.929. The zero-order valence-electron chi connectivity index (χ0n) is 11.1. The van der Waals surface area contributed by atoms with Gasteiger partial charge in [-0.15, -0.1) is 0 Å². The van der Waals surface area contributed by atoms with Gasteiger partial charge in [0.25, 0.3) is 0 Å². The van der Waals surface area contributed by atoms with Crippen molar-refractivity contribution in [3.63, 3.8) is 0 Å². The van der Waals surface area contributed by atoms with Crippen molar-refractivity contribution >= 4 is 5.91 Å². The van der Waals surface area contributed by atoms with Crippen LogP contribution in [0.15, 0.2) is 0 Å². The van der Waals surface area contributed by atoms with E-state index in [2.05, 4.69) is 17.1 Å². The molecule has 3 heteroatoms. The summed E-state index contributed by atoms with van der Waals surface area (Å²) < 4.78 is 0. The van der Waals surface area contributed by atoms with Crippen LogP contribution in [0.1, 0.15) is 51.9 Å². The van der Waals surface area contributed by atoms with Gasteiger partial charge in [-0.1, -0.05) is 19.3 Å². The maximum Gasteiger partial charge on any atom is 0.227 e. The van der Waals surface area contributed by atoms with Crippen molar-refractivity contribution in [1.29, 1.82) is 0 Å². The van der Waals surface area contributed by atoms with Gasteiger partial charge in [0.15, 0.2) is 0 Å². The Morgan fingerprint density at radius 3 is 2.35 bits per heavy atom. The monoisotopic (exact) mass is 238 g/mol. The van der Waals surface area contributed by atoms with Crippen LogP contribution in [0, 0.1) is 5.92 Å². The van der Waals surface area contributed by atoms with Gasteiger partial charge in [0, 0.05) is 19.1 Å². The van der Waals surface area contributed by atoms with Gasteiger partial charge in [-0.25, -0.2) is 0 Å². The lowest BCUT2D eigenvalue weighted by Crippen LogP contribution is -2.48. The Labute approximate surface area is 105 Å². The number of nitrogens with one attached hydrogen (secondary N) is 1. The summed E-state index contributed by atoms with van der Waals surface area (Å²) in [5.41, 5.74) is 0. The molecule has 0 saturated carbocycles. The number of nitrogens with zero attached hydrogens (tertiary/aromatic N) is 1. The summed E-state index contributed by atoms with van der Waals surface area (Å²) in [6.45, 7) is 5.21. The van der Waals surface area contributed by atoms with E-state index < -0.39 is 0 Å². The molecule has 0 bridgehead atoms. The smallest absolute Gasteiger partial charge is 0.227 e. The van der Waals surface area contributed by atoms with Crippen molar-refractivity contribution in [1.82, 2.24) is 10.2 Å². The molecule has 1 amide bonds. The summed E-state index contributed by atoms with van der Waals surface area (Å²) in [6, 6.07) is 0.363. The highest BCUT2D eigenvalue weighted by atomic mass is 16.2. The quantitative estimate of drug-likeness (QED) is 0.759. The van der Waals surface area contributed by atoms with E-state index in [1.54, 1.807) is 0 Å². The summed E-state index contributed by atoms with van der Waals surface area (Å²) >= 11 is 0. The van der Waals surface area contributed by atoms with E-state index in [1.165, 1.54) is 32.1 Å². The second-order valence-electron chi connectivity index (χ2n) is 5.58. The minimum Gasteiger partial charge on any atom is -0.342 e. The van der Waals surface area contributed by atoms with Gasteiger partial charge in [0.05, 0.1) is 5.92 Å². The molecule has 0 aromatic carbocycles. The van der Waals surface area contributed by atoms with Crippen molar-refractivity contribution < 1.29 is 4.79 Å². The molecule has 0 aromatic heterocycles. The zero-order valence-corrected chi connectivity index (χ0v) is 11.1. The highest BCUT2D eigenvalue weighted by molar-refractivity contribution is 5.79. The van der Waals surface area contributed by atoms with Gasteiger partial charge in [-0.05, 0) is 39.2 Å². The van der Waals surface area contributed by atoms with Crippen LogP contribution in [0.3, 0.4) is 0 Å². The summed E-state index contributed by atoms with van der Waals surface area (Å²) in [7, 11) is 0. The normalized spacial score (nSPS) is 31.7. The van der Waals surface area contributed by atoms with Crippen molar-refractivity contribution in [2.24, 2.45) is 5.92 Å². The van der Waals surface area contributed by atoms with Crippen molar-refractivity contribution in [2.75, 3.05) is 19.6 Å². The predicted molar refractivity (Wildman–Crippen MR) is 69.9 cm³/mol. The van der Waals surface area contributed by atoms with Crippen LogP contribution in [0.2, 0.25) is 0 Å². The minimum atomic E-state index is 0.225. The lowest BCUT2D eigenvalue weighted by molar-refractivity contribution is -0.137. The molecule has 0 radical (unpaired) electrons. The molecule has 2 rings (SSSR count). The Morgan fingerprint density at radius 2 is 1.71 bits per heavy atom. The van der Waals surface area contributed by atoms with Gasteiger partial charge in [0.2, 0.25) is 5.91 Å². The van der Waals surface area contributed by atoms with Crippen molar-refractivity contribution in [3.8, 4) is 0 Å². The third-order valence-electron chi connectivity index (χ3n) is 4.25. The highest BCUT2D eigenvalue weighted by Crippen LogP contribution is 2.21. The molecular formula is C14H26N2O. The summed E-state index contributed by atoms with van der Waals surface area (Å²) in [5, 5.41) is 3.43. The Morgan fingerprint density at radius 1 is 1.06 bits per heavy atom. The molecule has 3 nitrogen and oxygen atoms in total. The van der Waals surface area contributed by atoms with E-state index in [9.17, 15) is 4.79 Å². The van der Waals surface area contributed by atoms with E-state index in [4.69, 9.17) is 0 Å². The van der Waals surface area contributed by atoms with Crippen LogP contribution >= 0.6 is 0 Å². The second kappa shape index (κ2) is 6.39. The first-order valence-electron chi connectivity index (χ1n) is 7.31. The number of carbonyl (C=O) groups excluding carboxylic acids is 1. The molecule has 2 saturated heterocycles. The van der Waals surface area contributed by atoms with Crippen LogP contribution in [0.5, 0.6) is 0 Å². The average Bonchev–Trinajstić information content (AvgIpc) is 2.28. The van der Waals surface area contributed by atoms with E-state index in [0.717, 1.165) is 32.5 Å². The zero-order chi connectivity index (χ0) is 12.1. The fourth-order valence-corrected chi connectivity index (χ4v) is 3.08. The molecule has 2 atom stereocenters. The van der Waals surface area contributed by atoms with Crippen LogP contribution in [0.4, 0.5) is 0 Å². The molecule has 0 aromatic rings. The minimum absolute atomic E-state index is 0.225. The number of piperidine rings is 1. The largest absolute Gasteiger partial charge is 0.342 e. The molecule has 1 N–H and O–H groups in total. The van der Waals surface area contributed by atoms with E-state index in [1.807, 2.05) is 0 Å². The Kier molecular flexibility index (Phi) is 4.84. The van der Waals surface area contributed by atoms with Crippen LogP contribution in [-0.4, -0.2) is 36.5 Å². The van der Waals surface area contributed by atoms with Crippen LogP contribution in [-0.2, 0) is 4.79 Å².